The summed E-state index contributed by atoms with van der Waals surface area (Å²) < 4.78 is 32.8. The third kappa shape index (κ3) is 3.98. The van der Waals surface area contributed by atoms with E-state index < -0.39 is 16.0 Å². The number of hydrogen-bond acceptors (Lipinski definition) is 7. The molecule has 1 aliphatic rings. The molecule has 30 heavy (non-hydrogen) atoms. The Bertz CT molecular complexity index is 1200. The van der Waals surface area contributed by atoms with Crippen LogP contribution < -0.4 is 4.72 Å². The Morgan fingerprint density at radius 1 is 1.10 bits per heavy atom. The number of anilines is 1. The lowest BCUT2D eigenvalue weighted by atomic mass is 9.99. The molecule has 7 nitrogen and oxygen atoms in total. The van der Waals surface area contributed by atoms with Crippen LogP contribution >= 0.6 is 22.7 Å². The van der Waals surface area contributed by atoms with Gasteiger partial charge in [-0.15, -0.1) is 22.7 Å². The van der Waals surface area contributed by atoms with Crippen molar-refractivity contribution in [2.45, 2.75) is 17.9 Å². The van der Waals surface area contributed by atoms with E-state index >= 15 is 0 Å². The van der Waals surface area contributed by atoms with Crippen molar-refractivity contribution >= 4 is 50.3 Å². The van der Waals surface area contributed by atoms with Crippen molar-refractivity contribution in [3.05, 3.63) is 68.0 Å². The fraction of sp³-hybridized carbons (Fsp3) is 0.200. The first-order valence-corrected chi connectivity index (χ1v) is 12.3. The average molecular weight is 463 g/mol. The molecular formula is C20H18N2O5S3. The van der Waals surface area contributed by atoms with Crippen molar-refractivity contribution in [1.82, 2.24) is 4.90 Å². The molecule has 0 radical (unpaired) electrons. The average Bonchev–Trinajstić information content (AvgIpc) is 3.44. The van der Waals surface area contributed by atoms with E-state index in [-0.39, 0.29) is 15.7 Å². The molecule has 0 fully saturated rings. The summed E-state index contributed by atoms with van der Waals surface area (Å²) >= 11 is 2.41. The van der Waals surface area contributed by atoms with Crippen molar-refractivity contribution < 1.29 is 22.7 Å². The number of esters is 1. The Kier molecular flexibility index (Phi) is 5.63. The maximum Gasteiger partial charge on any atom is 0.349 e. The highest BCUT2D eigenvalue weighted by Crippen LogP contribution is 2.28. The van der Waals surface area contributed by atoms with Crippen LogP contribution in [0.1, 0.15) is 30.5 Å². The van der Waals surface area contributed by atoms with Crippen LogP contribution in [0.2, 0.25) is 0 Å². The zero-order valence-corrected chi connectivity index (χ0v) is 18.4. The second-order valence-corrected chi connectivity index (χ2v) is 10.2. The summed E-state index contributed by atoms with van der Waals surface area (Å²) in [5.74, 6) is -0.721. The summed E-state index contributed by atoms with van der Waals surface area (Å²) in [5, 5.41) is 3.40. The fourth-order valence-corrected chi connectivity index (χ4v) is 6.39. The number of nitrogens with one attached hydrogen (secondary N) is 1. The first-order chi connectivity index (χ1) is 14.4. The van der Waals surface area contributed by atoms with E-state index in [1.165, 1.54) is 29.9 Å². The van der Waals surface area contributed by atoms with Crippen LogP contribution in [-0.2, 0) is 27.7 Å². The van der Waals surface area contributed by atoms with Gasteiger partial charge in [-0.25, -0.2) is 13.2 Å². The maximum absolute atomic E-state index is 12.8. The second-order valence-electron chi connectivity index (χ2n) is 6.65. The van der Waals surface area contributed by atoms with Gasteiger partial charge in [0, 0.05) is 18.8 Å². The normalized spacial score (nSPS) is 13.6. The van der Waals surface area contributed by atoms with Crippen molar-refractivity contribution in [2.75, 3.05) is 18.4 Å². The molecule has 4 rings (SSSR count). The van der Waals surface area contributed by atoms with Gasteiger partial charge in [0.15, 0.2) is 0 Å². The lowest BCUT2D eigenvalue weighted by molar-refractivity contribution is 0.0602. The van der Waals surface area contributed by atoms with E-state index in [2.05, 4.69) is 9.46 Å². The zero-order chi connectivity index (χ0) is 21.3. The monoisotopic (exact) mass is 462 g/mol. The predicted molar refractivity (Wildman–Crippen MR) is 116 cm³/mol. The molecule has 3 heterocycles. The van der Waals surface area contributed by atoms with Crippen LogP contribution in [0.25, 0.3) is 0 Å². The molecular weight excluding hydrogens is 444 g/mol. The van der Waals surface area contributed by atoms with Gasteiger partial charge in [-0.1, -0.05) is 12.1 Å². The van der Waals surface area contributed by atoms with Crippen molar-refractivity contribution in [3.63, 3.8) is 0 Å². The van der Waals surface area contributed by atoms with E-state index in [0.29, 0.717) is 30.1 Å². The number of nitrogens with zero attached hydrogens (tertiary/aromatic N) is 1. The van der Waals surface area contributed by atoms with Gasteiger partial charge in [0.25, 0.3) is 15.9 Å². The van der Waals surface area contributed by atoms with Crippen LogP contribution in [0.4, 0.5) is 5.69 Å². The molecule has 0 saturated carbocycles. The summed E-state index contributed by atoms with van der Waals surface area (Å²) in [4.78, 5) is 26.8. The fourth-order valence-electron chi connectivity index (χ4n) is 3.31. The van der Waals surface area contributed by atoms with E-state index in [0.717, 1.165) is 22.5 Å². The van der Waals surface area contributed by atoms with Crippen molar-refractivity contribution in [3.8, 4) is 0 Å². The molecule has 2 aromatic heterocycles. The number of benzene rings is 1. The summed E-state index contributed by atoms with van der Waals surface area (Å²) in [6, 6.07) is 10.3. The molecule has 0 unspecified atom stereocenters. The first-order valence-electron chi connectivity index (χ1n) is 9.02. The number of thiophene rings is 2. The molecule has 0 atom stereocenters. The molecule has 0 aliphatic carbocycles. The third-order valence-electron chi connectivity index (χ3n) is 4.78. The highest BCUT2D eigenvalue weighted by Gasteiger charge is 2.26. The number of carbonyl (C=O) groups excluding carboxylic acids is 2. The van der Waals surface area contributed by atoms with Gasteiger partial charge in [-0.3, -0.25) is 9.52 Å². The Morgan fingerprint density at radius 3 is 2.67 bits per heavy atom. The number of amides is 1. The van der Waals surface area contributed by atoms with Gasteiger partial charge >= 0.3 is 5.97 Å². The highest BCUT2D eigenvalue weighted by molar-refractivity contribution is 7.93. The molecule has 3 aromatic rings. The van der Waals surface area contributed by atoms with E-state index in [4.69, 9.17) is 0 Å². The standard InChI is InChI=1S/C20H18N2O5S3/c1-27-20(24)18-17(7-10-29-18)30(25,26)21-15-5-4-13-6-8-22(12-14(13)11-15)19(23)16-3-2-9-28-16/h2-5,7,9-11,21H,6,8,12H2,1H3. The number of sulfonamides is 1. The van der Waals surface area contributed by atoms with Gasteiger partial charge in [-0.2, -0.15) is 0 Å². The van der Waals surface area contributed by atoms with E-state index in [9.17, 15) is 18.0 Å². The van der Waals surface area contributed by atoms with Gasteiger partial charge < -0.3 is 9.64 Å². The lowest BCUT2D eigenvalue weighted by Gasteiger charge is -2.29. The molecule has 10 heteroatoms. The molecule has 0 spiro atoms. The summed E-state index contributed by atoms with van der Waals surface area (Å²) in [6.45, 7) is 1.03. The van der Waals surface area contributed by atoms with Gasteiger partial charge in [-0.05, 0) is 52.6 Å². The largest absolute Gasteiger partial charge is 0.465 e. The molecule has 1 aliphatic heterocycles. The minimum Gasteiger partial charge on any atom is -0.465 e. The molecule has 156 valence electrons. The van der Waals surface area contributed by atoms with Crippen molar-refractivity contribution in [2.24, 2.45) is 0 Å². The van der Waals surface area contributed by atoms with E-state index in [1.54, 1.807) is 23.1 Å². The third-order valence-corrected chi connectivity index (χ3v) is 8.08. The molecule has 0 saturated heterocycles. The summed E-state index contributed by atoms with van der Waals surface area (Å²) in [7, 11) is -2.76. The summed E-state index contributed by atoms with van der Waals surface area (Å²) in [6.07, 6.45) is 0.705. The van der Waals surface area contributed by atoms with E-state index in [1.807, 2.05) is 17.5 Å². The van der Waals surface area contributed by atoms with Crippen LogP contribution in [-0.4, -0.2) is 38.8 Å². The predicted octanol–water partition coefficient (Wildman–Crippen LogP) is 3.60. The number of hydrogen-bond donors (Lipinski definition) is 1. The van der Waals surface area contributed by atoms with Gasteiger partial charge in [0.2, 0.25) is 0 Å². The number of fused-ring (bicyclic) bond motifs is 1. The Hall–Kier alpha value is -2.69. The van der Waals surface area contributed by atoms with Crippen LogP contribution in [0.15, 0.2) is 52.1 Å². The van der Waals surface area contributed by atoms with Crippen LogP contribution in [0, 0.1) is 0 Å². The van der Waals surface area contributed by atoms with Crippen molar-refractivity contribution in [1.29, 1.82) is 0 Å². The number of rotatable bonds is 5. The summed E-state index contributed by atoms with van der Waals surface area (Å²) in [5.41, 5.74) is 2.35. The number of methoxy groups -OCH3 is 1. The van der Waals surface area contributed by atoms with Crippen LogP contribution in [0.3, 0.4) is 0 Å². The maximum atomic E-state index is 12.8. The topological polar surface area (TPSA) is 92.8 Å². The Morgan fingerprint density at radius 2 is 1.93 bits per heavy atom. The van der Waals surface area contributed by atoms with Gasteiger partial charge in [0.1, 0.15) is 9.77 Å². The molecule has 0 bridgehead atoms. The number of carbonyl (C=O) groups is 2. The molecule has 1 amide bonds. The second kappa shape index (κ2) is 8.21. The van der Waals surface area contributed by atoms with Gasteiger partial charge in [0.05, 0.1) is 12.0 Å². The molecule has 1 aromatic carbocycles. The molecule has 1 N–H and O–H groups in total. The highest BCUT2D eigenvalue weighted by atomic mass is 32.2. The Labute approximate surface area is 182 Å². The lowest BCUT2D eigenvalue weighted by Crippen LogP contribution is -2.35. The Balaban J connectivity index is 1.56. The zero-order valence-electron chi connectivity index (χ0n) is 16.0. The quantitative estimate of drug-likeness (QED) is 0.585. The van der Waals surface area contributed by atoms with Crippen LogP contribution in [0.5, 0.6) is 0 Å². The minimum absolute atomic E-state index is 0.0238. The smallest absolute Gasteiger partial charge is 0.349 e. The SMILES string of the molecule is COC(=O)c1sccc1S(=O)(=O)Nc1ccc2c(c1)CN(C(=O)c1cccs1)CC2. The minimum atomic E-state index is -3.97. The first kappa shape index (κ1) is 20.6. The number of ether oxygens (including phenoxy) is 1.